The van der Waals surface area contributed by atoms with Gasteiger partial charge in [0.05, 0.1) is 29.0 Å². The molecule has 0 aliphatic rings. The van der Waals surface area contributed by atoms with Crippen LogP contribution in [0.2, 0.25) is 0 Å². The summed E-state index contributed by atoms with van der Waals surface area (Å²) in [6.07, 6.45) is 1.08. The maximum atomic E-state index is 15.4. The van der Waals surface area contributed by atoms with Crippen molar-refractivity contribution in [2.24, 2.45) is 0 Å². The van der Waals surface area contributed by atoms with E-state index in [0.717, 1.165) is 12.1 Å². The summed E-state index contributed by atoms with van der Waals surface area (Å²) < 4.78 is 68.2. The van der Waals surface area contributed by atoms with Gasteiger partial charge in [0.1, 0.15) is 29.9 Å². The lowest BCUT2D eigenvalue weighted by atomic mass is 10.00. The number of nitrogens with zero attached hydrogens (tertiary/aromatic N) is 1. The lowest BCUT2D eigenvalue weighted by Crippen LogP contribution is -2.16. The molecule has 0 spiro atoms. The molecule has 8 nitrogen and oxygen atoms in total. The van der Waals surface area contributed by atoms with Gasteiger partial charge in [-0.05, 0) is 42.8 Å². The third-order valence-electron chi connectivity index (χ3n) is 5.33. The highest BCUT2D eigenvalue weighted by molar-refractivity contribution is 7.92. The molecule has 2 aromatic heterocycles. The summed E-state index contributed by atoms with van der Waals surface area (Å²) in [5.41, 5.74) is 0.00285. The molecule has 0 saturated carbocycles. The van der Waals surface area contributed by atoms with E-state index in [-0.39, 0.29) is 17.1 Å². The van der Waals surface area contributed by atoms with Gasteiger partial charge in [0.2, 0.25) is 0 Å². The van der Waals surface area contributed by atoms with Gasteiger partial charge in [-0.2, -0.15) is 0 Å². The molecule has 0 amide bonds. The van der Waals surface area contributed by atoms with Crippen LogP contribution in [0.15, 0.2) is 59.8 Å². The van der Waals surface area contributed by atoms with E-state index in [1.807, 2.05) is 0 Å². The predicted octanol–water partition coefficient (Wildman–Crippen LogP) is 4.06. The van der Waals surface area contributed by atoms with Crippen LogP contribution in [0.5, 0.6) is 5.75 Å². The van der Waals surface area contributed by atoms with Gasteiger partial charge in [-0.3, -0.25) is 4.72 Å². The number of halogens is 2. The van der Waals surface area contributed by atoms with Gasteiger partial charge in [0, 0.05) is 24.3 Å². The number of ether oxygens (including phenoxy) is 2. The second-order valence-electron chi connectivity index (χ2n) is 7.80. The quantitative estimate of drug-likeness (QED) is 0.297. The Morgan fingerprint density at radius 3 is 2.71 bits per heavy atom. The summed E-state index contributed by atoms with van der Waals surface area (Å²) in [5.74, 6) is -1.89. The number of methoxy groups -OCH3 is 1. The average molecular weight is 504 g/mol. The molecule has 0 aliphatic carbocycles. The first kappa shape index (κ1) is 24.6. The molecule has 4 aromatic rings. The average Bonchev–Trinajstić information content (AvgIpc) is 3.24. The summed E-state index contributed by atoms with van der Waals surface area (Å²) in [7, 11) is -2.62. The molecule has 0 fully saturated rings. The standard InChI is InChI=1S/C24H23F2N3O5S/c1-14-4-3-5-16(10-14)35(31,32)29-20-7-6-19(25)21(22(20)26)23(30)18-13-28-24-17(18)11-15(12-27-24)34-9-8-33-2/h3-7,10-13,23,29-30H,8-9H2,1-2H3,(H,27,28). The first-order chi connectivity index (χ1) is 16.7. The zero-order valence-electron chi connectivity index (χ0n) is 18.9. The number of hydrogen-bond donors (Lipinski definition) is 3. The molecule has 1 atom stereocenters. The fraction of sp³-hybridized carbons (Fsp3) is 0.208. The maximum Gasteiger partial charge on any atom is 0.261 e. The molecule has 2 heterocycles. The van der Waals surface area contributed by atoms with Gasteiger partial charge < -0.3 is 19.6 Å². The number of nitrogens with one attached hydrogen (secondary N) is 2. The predicted molar refractivity (Wildman–Crippen MR) is 126 cm³/mol. The summed E-state index contributed by atoms with van der Waals surface area (Å²) >= 11 is 0. The third kappa shape index (κ3) is 5.11. The number of fused-ring (bicyclic) bond motifs is 1. The number of aromatic amines is 1. The Kier molecular flexibility index (Phi) is 7.01. The number of aryl methyl sites for hydroxylation is 1. The zero-order chi connectivity index (χ0) is 25.2. The van der Waals surface area contributed by atoms with Crippen LogP contribution in [-0.2, 0) is 14.8 Å². The molecule has 4 rings (SSSR count). The highest BCUT2D eigenvalue weighted by Crippen LogP contribution is 2.35. The molecular formula is C24H23F2N3O5S. The fourth-order valence-electron chi connectivity index (χ4n) is 3.59. The van der Waals surface area contributed by atoms with Crippen molar-refractivity contribution in [3.63, 3.8) is 0 Å². The van der Waals surface area contributed by atoms with Crippen LogP contribution in [-0.4, -0.2) is 43.8 Å². The topological polar surface area (TPSA) is 114 Å². The maximum absolute atomic E-state index is 15.4. The van der Waals surface area contributed by atoms with Crippen molar-refractivity contribution < 1.29 is 31.8 Å². The van der Waals surface area contributed by atoms with Crippen molar-refractivity contribution in [1.82, 2.24) is 9.97 Å². The Balaban J connectivity index is 1.69. The molecule has 0 bridgehead atoms. The van der Waals surface area contributed by atoms with Crippen LogP contribution in [0.1, 0.15) is 22.8 Å². The number of aromatic nitrogens is 2. The van der Waals surface area contributed by atoms with Gasteiger partial charge in [0.25, 0.3) is 10.0 Å². The van der Waals surface area contributed by atoms with E-state index in [4.69, 9.17) is 9.47 Å². The van der Waals surface area contributed by atoms with E-state index >= 15 is 4.39 Å². The van der Waals surface area contributed by atoms with Gasteiger partial charge >= 0.3 is 0 Å². The van der Waals surface area contributed by atoms with Gasteiger partial charge in [-0.25, -0.2) is 22.2 Å². The molecule has 2 aromatic carbocycles. The summed E-state index contributed by atoms with van der Waals surface area (Å²) in [6, 6.07) is 9.49. The molecular weight excluding hydrogens is 480 g/mol. The Morgan fingerprint density at radius 2 is 1.97 bits per heavy atom. The van der Waals surface area contributed by atoms with Crippen molar-refractivity contribution >= 4 is 26.7 Å². The Morgan fingerprint density at radius 1 is 1.17 bits per heavy atom. The molecule has 0 saturated heterocycles. The Bertz CT molecular complexity index is 1470. The second kappa shape index (κ2) is 9.98. The van der Waals surface area contributed by atoms with Crippen LogP contribution >= 0.6 is 0 Å². The molecule has 1 unspecified atom stereocenters. The van der Waals surface area contributed by atoms with E-state index in [1.165, 1.54) is 31.6 Å². The number of rotatable bonds is 9. The van der Waals surface area contributed by atoms with Crippen LogP contribution < -0.4 is 9.46 Å². The third-order valence-corrected chi connectivity index (χ3v) is 6.70. The molecule has 0 radical (unpaired) electrons. The summed E-state index contributed by atoms with van der Waals surface area (Å²) in [4.78, 5) is 6.96. The van der Waals surface area contributed by atoms with Gasteiger partial charge in [-0.15, -0.1) is 0 Å². The minimum atomic E-state index is -4.16. The van der Waals surface area contributed by atoms with Crippen molar-refractivity contribution in [1.29, 1.82) is 0 Å². The van der Waals surface area contributed by atoms with Gasteiger partial charge in [0.15, 0.2) is 5.82 Å². The zero-order valence-corrected chi connectivity index (χ0v) is 19.7. The Hall–Kier alpha value is -3.54. The lowest BCUT2D eigenvalue weighted by molar-refractivity contribution is 0.146. The number of aliphatic hydroxyl groups is 1. The van der Waals surface area contributed by atoms with E-state index in [9.17, 15) is 17.9 Å². The Labute approximate surface area is 200 Å². The monoisotopic (exact) mass is 503 g/mol. The van der Waals surface area contributed by atoms with Crippen LogP contribution in [0, 0.1) is 18.6 Å². The summed E-state index contributed by atoms with van der Waals surface area (Å²) in [6.45, 7) is 2.33. The number of anilines is 1. The number of pyridine rings is 1. The molecule has 11 heteroatoms. The largest absolute Gasteiger partial charge is 0.490 e. The number of sulfonamides is 1. The van der Waals surface area contributed by atoms with E-state index in [1.54, 1.807) is 25.1 Å². The van der Waals surface area contributed by atoms with Crippen LogP contribution in [0.4, 0.5) is 14.5 Å². The molecule has 3 N–H and O–H groups in total. The van der Waals surface area contributed by atoms with Crippen molar-refractivity contribution in [3.8, 4) is 5.75 Å². The highest BCUT2D eigenvalue weighted by atomic mass is 32.2. The minimum absolute atomic E-state index is 0.0768. The lowest BCUT2D eigenvalue weighted by Gasteiger charge is -2.16. The van der Waals surface area contributed by atoms with E-state index in [0.29, 0.717) is 29.0 Å². The first-order valence-corrected chi connectivity index (χ1v) is 12.0. The second-order valence-corrected chi connectivity index (χ2v) is 9.48. The summed E-state index contributed by atoms with van der Waals surface area (Å²) in [5, 5.41) is 11.3. The molecule has 0 aliphatic heterocycles. The SMILES string of the molecule is COCCOc1cnc2[nH]cc(C(O)c3c(F)ccc(NS(=O)(=O)c4cccc(C)c4)c3F)c2c1. The van der Waals surface area contributed by atoms with Crippen molar-refractivity contribution in [2.75, 3.05) is 25.0 Å². The van der Waals surface area contributed by atoms with Crippen molar-refractivity contribution in [2.45, 2.75) is 17.9 Å². The molecule has 184 valence electrons. The number of hydrogen-bond acceptors (Lipinski definition) is 6. The number of H-pyrrole nitrogens is 1. The number of aliphatic hydroxyl groups excluding tert-OH is 1. The number of benzene rings is 2. The van der Waals surface area contributed by atoms with Crippen LogP contribution in [0.3, 0.4) is 0 Å². The molecule has 35 heavy (non-hydrogen) atoms. The first-order valence-electron chi connectivity index (χ1n) is 10.6. The van der Waals surface area contributed by atoms with Gasteiger partial charge in [-0.1, -0.05) is 12.1 Å². The van der Waals surface area contributed by atoms with E-state index < -0.39 is 39.0 Å². The normalized spacial score (nSPS) is 12.6. The van der Waals surface area contributed by atoms with Crippen molar-refractivity contribution in [3.05, 3.63) is 83.2 Å². The highest BCUT2D eigenvalue weighted by Gasteiger charge is 2.27. The van der Waals surface area contributed by atoms with Crippen LogP contribution in [0.25, 0.3) is 11.0 Å². The van der Waals surface area contributed by atoms with E-state index in [2.05, 4.69) is 14.7 Å². The minimum Gasteiger partial charge on any atom is -0.490 e. The smallest absolute Gasteiger partial charge is 0.261 e. The fourth-order valence-corrected chi connectivity index (χ4v) is 4.76.